The van der Waals surface area contributed by atoms with Crippen LogP contribution in [0.1, 0.15) is 38.2 Å². The average molecular weight is 269 g/mol. The predicted octanol–water partition coefficient (Wildman–Crippen LogP) is 2.68. The van der Waals surface area contributed by atoms with Gasteiger partial charge in [-0.3, -0.25) is 4.79 Å². The number of carbonyl (C=O) groups excluding carboxylic acids is 1. The quantitative estimate of drug-likeness (QED) is 0.828. The molecule has 1 amide bonds. The molecule has 1 aliphatic rings. The molecule has 1 aromatic carbocycles. The lowest BCUT2D eigenvalue weighted by Gasteiger charge is -2.25. The Balaban J connectivity index is 0.00000162. The normalized spacial score (nSPS) is 16.9. The highest BCUT2D eigenvalue weighted by molar-refractivity contribution is 5.85. The van der Waals surface area contributed by atoms with Crippen molar-refractivity contribution in [3.8, 4) is 0 Å². The Morgan fingerprint density at radius 1 is 1.28 bits per heavy atom. The van der Waals surface area contributed by atoms with Gasteiger partial charge >= 0.3 is 0 Å². The first-order valence-corrected chi connectivity index (χ1v) is 6.23. The largest absolute Gasteiger partial charge is 0.399 e. The molecule has 0 bridgehead atoms. The van der Waals surface area contributed by atoms with E-state index in [4.69, 9.17) is 5.73 Å². The first-order chi connectivity index (χ1) is 8.07. The van der Waals surface area contributed by atoms with Gasteiger partial charge in [0.1, 0.15) is 0 Å². The van der Waals surface area contributed by atoms with Gasteiger partial charge in [0.25, 0.3) is 0 Å². The monoisotopic (exact) mass is 268 g/mol. The molecule has 0 unspecified atom stereocenters. The molecule has 0 radical (unpaired) electrons. The van der Waals surface area contributed by atoms with Crippen molar-refractivity contribution in [3.63, 3.8) is 0 Å². The number of anilines is 1. The van der Waals surface area contributed by atoms with Gasteiger partial charge in [-0.1, -0.05) is 25.0 Å². The molecule has 0 heterocycles. The summed E-state index contributed by atoms with van der Waals surface area (Å²) in [6.07, 6.45) is 5.08. The molecule has 1 fully saturated rings. The minimum absolute atomic E-state index is 0. The first kappa shape index (κ1) is 14.8. The number of rotatable bonds is 3. The van der Waals surface area contributed by atoms with Crippen LogP contribution in [0, 0.1) is 0 Å². The van der Waals surface area contributed by atoms with Crippen LogP contribution in [-0.4, -0.2) is 11.4 Å². The lowest BCUT2D eigenvalue weighted by molar-refractivity contribution is -0.122. The Morgan fingerprint density at radius 2 is 1.83 bits per heavy atom. The smallest absolute Gasteiger partial charge is 0.224 e. The molecule has 0 spiro atoms. The fraction of sp³-hybridized carbons (Fsp3) is 0.500. The molecule has 100 valence electrons. The van der Waals surface area contributed by atoms with Crippen molar-refractivity contribution in [2.24, 2.45) is 0 Å². The number of nitrogen functional groups attached to an aromatic ring is 1. The number of hydrogen-bond donors (Lipinski definition) is 2. The van der Waals surface area contributed by atoms with Crippen molar-refractivity contribution in [2.75, 3.05) is 5.73 Å². The Morgan fingerprint density at radius 3 is 2.39 bits per heavy atom. The third kappa shape index (κ3) is 3.91. The fourth-order valence-electron chi connectivity index (χ4n) is 2.48. The zero-order chi connectivity index (χ0) is 12.3. The summed E-state index contributed by atoms with van der Waals surface area (Å²) in [5, 5.41) is 3.15. The van der Waals surface area contributed by atoms with Gasteiger partial charge in [-0.15, -0.1) is 12.4 Å². The third-order valence-corrected chi connectivity index (χ3v) is 3.49. The van der Waals surface area contributed by atoms with Crippen LogP contribution in [0.25, 0.3) is 0 Å². The summed E-state index contributed by atoms with van der Waals surface area (Å²) in [6.45, 7) is 2.14. The average Bonchev–Trinajstić information content (AvgIpc) is 2.68. The second-order valence-corrected chi connectivity index (χ2v) is 5.23. The van der Waals surface area contributed by atoms with Crippen LogP contribution >= 0.6 is 12.4 Å². The summed E-state index contributed by atoms with van der Waals surface area (Å²) in [7, 11) is 0. The van der Waals surface area contributed by atoms with Crippen molar-refractivity contribution in [1.29, 1.82) is 0 Å². The number of hydrogen-bond acceptors (Lipinski definition) is 2. The molecular formula is C14H21ClN2O. The zero-order valence-electron chi connectivity index (χ0n) is 10.7. The number of benzene rings is 1. The summed E-state index contributed by atoms with van der Waals surface area (Å²) in [6, 6.07) is 7.48. The standard InChI is InChI=1S/C14H20N2O.ClH/c1-14(8-2-3-9-14)16-13(17)10-11-4-6-12(15)7-5-11;/h4-7H,2-3,8-10,15H2,1H3,(H,16,17);1H. The number of halogens is 1. The highest BCUT2D eigenvalue weighted by Crippen LogP contribution is 2.28. The summed E-state index contributed by atoms with van der Waals surface area (Å²) in [5.41, 5.74) is 7.37. The molecule has 3 N–H and O–H groups in total. The maximum atomic E-state index is 11.9. The van der Waals surface area contributed by atoms with Crippen molar-refractivity contribution < 1.29 is 4.79 Å². The van der Waals surface area contributed by atoms with Gasteiger partial charge in [-0.05, 0) is 37.5 Å². The van der Waals surface area contributed by atoms with E-state index >= 15 is 0 Å². The van der Waals surface area contributed by atoms with Gasteiger partial charge in [-0.25, -0.2) is 0 Å². The Bertz CT molecular complexity index is 397. The fourth-order valence-corrected chi connectivity index (χ4v) is 2.48. The minimum atomic E-state index is 0. The second-order valence-electron chi connectivity index (χ2n) is 5.23. The predicted molar refractivity (Wildman–Crippen MR) is 76.8 cm³/mol. The number of amides is 1. The van der Waals surface area contributed by atoms with E-state index in [2.05, 4.69) is 12.2 Å². The number of nitrogens with one attached hydrogen (secondary N) is 1. The van der Waals surface area contributed by atoms with Crippen LogP contribution in [0.4, 0.5) is 5.69 Å². The maximum absolute atomic E-state index is 11.9. The lowest BCUT2D eigenvalue weighted by Crippen LogP contribution is -2.44. The van der Waals surface area contributed by atoms with Gasteiger partial charge in [0.05, 0.1) is 6.42 Å². The van der Waals surface area contributed by atoms with Crippen molar-refractivity contribution in [3.05, 3.63) is 29.8 Å². The van der Waals surface area contributed by atoms with Crippen molar-refractivity contribution in [2.45, 2.75) is 44.6 Å². The summed E-state index contributed by atoms with van der Waals surface area (Å²) in [4.78, 5) is 11.9. The molecule has 1 saturated carbocycles. The van der Waals surface area contributed by atoms with E-state index in [0.717, 1.165) is 24.1 Å². The molecular weight excluding hydrogens is 248 g/mol. The molecule has 18 heavy (non-hydrogen) atoms. The maximum Gasteiger partial charge on any atom is 0.224 e. The number of carbonyl (C=O) groups is 1. The van der Waals surface area contributed by atoms with E-state index in [1.165, 1.54) is 12.8 Å². The Kier molecular flexibility index (Phi) is 5.03. The topological polar surface area (TPSA) is 55.1 Å². The SMILES string of the molecule is CC1(NC(=O)Cc2ccc(N)cc2)CCCC1.Cl. The Hall–Kier alpha value is -1.22. The van der Waals surface area contributed by atoms with Gasteiger partial charge in [0.15, 0.2) is 0 Å². The molecule has 1 aliphatic carbocycles. The van der Waals surface area contributed by atoms with E-state index in [1.54, 1.807) is 0 Å². The van der Waals surface area contributed by atoms with E-state index in [9.17, 15) is 4.79 Å². The molecule has 0 atom stereocenters. The van der Waals surface area contributed by atoms with Gasteiger partial charge in [0.2, 0.25) is 5.91 Å². The van der Waals surface area contributed by atoms with E-state index < -0.39 is 0 Å². The first-order valence-electron chi connectivity index (χ1n) is 6.23. The third-order valence-electron chi connectivity index (χ3n) is 3.49. The van der Waals surface area contributed by atoms with E-state index in [-0.39, 0.29) is 23.9 Å². The highest BCUT2D eigenvalue weighted by Gasteiger charge is 2.29. The number of nitrogens with two attached hydrogens (primary N) is 1. The van der Waals surface area contributed by atoms with E-state index in [0.29, 0.717) is 6.42 Å². The molecule has 0 aromatic heterocycles. The summed E-state index contributed by atoms with van der Waals surface area (Å²) in [5.74, 6) is 0.110. The van der Waals surface area contributed by atoms with Crippen LogP contribution in [0.2, 0.25) is 0 Å². The van der Waals surface area contributed by atoms with Crippen LogP contribution in [0.15, 0.2) is 24.3 Å². The van der Waals surface area contributed by atoms with Crippen molar-refractivity contribution in [1.82, 2.24) is 5.32 Å². The van der Waals surface area contributed by atoms with Crippen LogP contribution < -0.4 is 11.1 Å². The summed E-state index contributed by atoms with van der Waals surface area (Å²) >= 11 is 0. The molecule has 0 saturated heterocycles. The van der Waals surface area contributed by atoms with E-state index in [1.807, 2.05) is 24.3 Å². The molecule has 1 aromatic rings. The second kappa shape index (κ2) is 6.10. The molecule has 4 heteroatoms. The molecule has 3 nitrogen and oxygen atoms in total. The van der Waals surface area contributed by atoms with Crippen LogP contribution in [0.3, 0.4) is 0 Å². The van der Waals surface area contributed by atoms with Crippen molar-refractivity contribution >= 4 is 24.0 Å². The lowest BCUT2D eigenvalue weighted by atomic mass is 10.00. The van der Waals surface area contributed by atoms with Gasteiger partial charge in [0, 0.05) is 11.2 Å². The summed E-state index contributed by atoms with van der Waals surface area (Å²) < 4.78 is 0. The minimum Gasteiger partial charge on any atom is -0.399 e. The zero-order valence-corrected chi connectivity index (χ0v) is 11.6. The van der Waals surface area contributed by atoms with Crippen LogP contribution in [-0.2, 0) is 11.2 Å². The van der Waals surface area contributed by atoms with Gasteiger partial charge in [-0.2, -0.15) is 0 Å². The van der Waals surface area contributed by atoms with Crippen LogP contribution in [0.5, 0.6) is 0 Å². The molecule has 2 rings (SSSR count). The van der Waals surface area contributed by atoms with Gasteiger partial charge < -0.3 is 11.1 Å². The Labute approximate surface area is 115 Å². The molecule has 0 aliphatic heterocycles. The highest BCUT2D eigenvalue weighted by atomic mass is 35.5.